The molecule has 0 radical (unpaired) electrons. The fourth-order valence-corrected chi connectivity index (χ4v) is 3.36. The van der Waals surface area contributed by atoms with Gasteiger partial charge in [0.05, 0.1) is 12.6 Å². The van der Waals surface area contributed by atoms with Crippen LogP contribution >= 0.6 is 11.6 Å². The Hall–Kier alpha value is -3.00. The molecule has 5 nitrogen and oxygen atoms in total. The second-order valence-corrected chi connectivity index (χ2v) is 7.91. The maximum absolute atomic E-state index is 12.4. The van der Waals surface area contributed by atoms with Crippen LogP contribution < -0.4 is 16.2 Å². The van der Waals surface area contributed by atoms with Gasteiger partial charge in [-0.3, -0.25) is 4.79 Å². The van der Waals surface area contributed by atoms with E-state index in [9.17, 15) is 18.0 Å². The lowest BCUT2D eigenvalue weighted by Gasteiger charge is -2.09. The Morgan fingerprint density at radius 1 is 0.970 bits per heavy atom. The summed E-state index contributed by atoms with van der Waals surface area (Å²) in [7, 11) is 1.57. The number of primary amides is 1. The molecule has 0 spiro atoms. The lowest BCUT2D eigenvalue weighted by Crippen LogP contribution is -2.10. The Bertz CT molecular complexity index is 1040. The summed E-state index contributed by atoms with van der Waals surface area (Å²) in [4.78, 5) is 14.1. The molecule has 178 valence electrons. The van der Waals surface area contributed by atoms with Gasteiger partial charge in [0.15, 0.2) is 0 Å². The molecule has 0 saturated heterocycles. The number of rotatable bonds is 2. The van der Waals surface area contributed by atoms with Crippen LogP contribution in [0.5, 0.6) is 5.75 Å². The molecule has 33 heavy (non-hydrogen) atoms. The van der Waals surface area contributed by atoms with Crippen LogP contribution in [-0.2, 0) is 6.18 Å². The number of pyridine rings is 1. The molecule has 1 aliphatic carbocycles. The molecule has 2 aromatic carbocycles. The summed E-state index contributed by atoms with van der Waals surface area (Å²) < 4.78 is 42.2. The van der Waals surface area contributed by atoms with E-state index in [1.165, 1.54) is 56.7 Å². The Kier molecular flexibility index (Phi) is 9.78. The monoisotopic (exact) mass is 481 g/mol. The minimum atomic E-state index is -4.50. The van der Waals surface area contributed by atoms with Crippen molar-refractivity contribution in [2.45, 2.75) is 44.7 Å². The number of hydrogen-bond donors (Lipinski definition) is 2. The van der Waals surface area contributed by atoms with E-state index < -0.39 is 17.8 Å². The number of benzene rings is 2. The third-order valence-electron chi connectivity index (χ3n) is 4.97. The highest BCUT2D eigenvalue weighted by Crippen LogP contribution is 2.32. The minimum Gasteiger partial charge on any atom is -0.497 e. The van der Waals surface area contributed by atoms with Gasteiger partial charge in [0.2, 0.25) is 5.91 Å². The van der Waals surface area contributed by atoms with Gasteiger partial charge in [-0.05, 0) is 48.5 Å². The van der Waals surface area contributed by atoms with Gasteiger partial charge < -0.3 is 16.2 Å². The Balaban J connectivity index is 0.000000195. The number of halogens is 4. The lowest BCUT2D eigenvalue weighted by atomic mass is 10.0. The van der Waals surface area contributed by atoms with Crippen LogP contribution in [0.4, 0.5) is 18.9 Å². The maximum atomic E-state index is 12.4. The topological polar surface area (TPSA) is 91.2 Å². The number of amides is 1. The number of carbonyl (C=O) groups is 1. The number of methoxy groups -OCH3 is 1. The fraction of sp³-hybridized carbons (Fsp3) is 0.333. The summed E-state index contributed by atoms with van der Waals surface area (Å²) in [5.41, 5.74) is 10.2. The number of aromatic nitrogens is 1. The van der Waals surface area contributed by atoms with Crippen LogP contribution in [-0.4, -0.2) is 18.0 Å². The molecule has 3 aromatic rings. The number of ether oxygens (including phenoxy) is 1. The van der Waals surface area contributed by atoms with Crippen LogP contribution in [0.1, 0.15) is 54.6 Å². The third-order valence-corrected chi connectivity index (χ3v) is 5.20. The zero-order valence-corrected chi connectivity index (χ0v) is 19.0. The van der Waals surface area contributed by atoms with E-state index in [0.29, 0.717) is 16.0 Å². The Labute approximate surface area is 195 Å². The van der Waals surface area contributed by atoms with E-state index in [2.05, 4.69) is 4.98 Å². The number of carbonyl (C=O) groups excluding carboxylic acids is 1. The van der Waals surface area contributed by atoms with Crippen molar-refractivity contribution in [1.29, 1.82) is 0 Å². The number of anilines is 1. The predicted molar refractivity (Wildman–Crippen MR) is 125 cm³/mol. The van der Waals surface area contributed by atoms with E-state index in [1.807, 2.05) is 0 Å². The number of alkyl halides is 3. The first-order valence-electron chi connectivity index (χ1n) is 10.5. The average molecular weight is 482 g/mol. The molecule has 0 bridgehead atoms. The molecule has 4 N–H and O–H groups in total. The van der Waals surface area contributed by atoms with Crippen LogP contribution in [0.25, 0.3) is 10.9 Å². The fourth-order valence-electron chi connectivity index (χ4n) is 3.19. The van der Waals surface area contributed by atoms with Crippen molar-refractivity contribution in [1.82, 2.24) is 4.98 Å². The molecule has 1 aliphatic rings. The number of nitrogen functional groups attached to an aromatic ring is 1. The smallest absolute Gasteiger partial charge is 0.433 e. The largest absolute Gasteiger partial charge is 0.497 e. The van der Waals surface area contributed by atoms with Crippen molar-refractivity contribution in [3.8, 4) is 5.75 Å². The molecule has 1 amide bonds. The summed E-state index contributed by atoms with van der Waals surface area (Å²) in [5, 5.41) is 0.821. The summed E-state index contributed by atoms with van der Waals surface area (Å²) >= 11 is 5.71. The molecule has 1 saturated carbocycles. The second kappa shape index (κ2) is 12.3. The van der Waals surface area contributed by atoms with Crippen LogP contribution in [0.2, 0.25) is 5.02 Å². The standard InChI is InChI=1S/C10H6ClF3N2.C8H9NO2.C6H12/c11-5-1-2-8-6(3-5)7(15)4-9(16-8)10(12,13)14;1-11-7-4-2-6(3-5-7)8(9)10;1-2-4-6-5-3-1/h1-4H,(H2,15,16);2-5H,1H3,(H2,9,10);1-6H2. The van der Waals surface area contributed by atoms with Crippen LogP contribution in [0, 0.1) is 0 Å². The van der Waals surface area contributed by atoms with Crippen molar-refractivity contribution >= 4 is 34.1 Å². The predicted octanol–water partition coefficient (Wildman–Crippen LogP) is 6.62. The third kappa shape index (κ3) is 8.46. The van der Waals surface area contributed by atoms with Crippen molar-refractivity contribution in [2.24, 2.45) is 5.73 Å². The molecule has 1 fully saturated rings. The van der Waals surface area contributed by atoms with Crippen LogP contribution in [0.15, 0.2) is 48.5 Å². The molecule has 0 atom stereocenters. The number of fused-ring (bicyclic) bond motifs is 1. The molecule has 4 rings (SSSR count). The molecular formula is C24H27ClF3N3O2. The zero-order chi connectivity index (χ0) is 24.4. The average Bonchev–Trinajstić information content (AvgIpc) is 2.81. The maximum Gasteiger partial charge on any atom is 0.433 e. The highest BCUT2D eigenvalue weighted by molar-refractivity contribution is 6.31. The normalized spacial score (nSPS) is 13.2. The van der Waals surface area contributed by atoms with Crippen molar-refractivity contribution in [2.75, 3.05) is 12.8 Å². The summed E-state index contributed by atoms with van der Waals surface area (Å²) in [6, 6.07) is 11.8. The van der Waals surface area contributed by atoms with E-state index in [-0.39, 0.29) is 11.2 Å². The van der Waals surface area contributed by atoms with Gasteiger partial charge >= 0.3 is 6.18 Å². The van der Waals surface area contributed by atoms with Crippen molar-refractivity contribution in [3.05, 3.63) is 64.8 Å². The quantitative estimate of drug-likeness (QED) is 0.430. The zero-order valence-electron chi connectivity index (χ0n) is 18.3. The Morgan fingerprint density at radius 3 is 1.97 bits per heavy atom. The summed E-state index contributed by atoms with van der Waals surface area (Å²) in [6.45, 7) is 0. The van der Waals surface area contributed by atoms with E-state index in [1.54, 1.807) is 31.4 Å². The minimum absolute atomic E-state index is 0.0137. The molecule has 9 heteroatoms. The van der Waals surface area contributed by atoms with E-state index >= 15 is 0 Å². The number of nitrogens with two attached hydrogens (primary N) is 2. The molecule has 1 aromatic heterocycles. The van der Waals surface area contributed by atoms with Crippen molar-refractivity contribution < 1.29 is 22.7 Å². The van der Waals surface area contributed by atoms with Gasteiger partial charge in [-0.1, -0.05) is 50.1 Å². The van der Waals surface area contributed by atoms with E-state index in [4.69, 9.17) is 27.8 Å². The van der Waals surface area contributed by atoms with Gasteiger partial charge in [0.1, 0.15) is 11.4 Å². The Morgan fingerprint density at radius 2 is 1.52 bits per heavy atom. The van der Waals surface area contributed by atoms with Gasteiger partial charge in [-0.25, -0.2) is 4.98 Å². The highest BCUT2D eigenvalue weighted by atomic mass is 35.5. The first-order chi connectivity index (χ1) is 15.6. The van der Waals surface area contributed by atoms with Gasteiger partial charge in [-0.2, -0.15) is 13.2 Å². The SMILES string of the molecule is C1CCCCC1.COc1ccc(C(N)=O)cc1.Nc1cc(C(F)(F)F)nc2ccc(Cl)cc12. The second-order valence-electron chi connectivity index (χ2n) is 7.47. The lowest BCUT2D eigenvalue weighted by molar-refractivity contribution is -0.140. The van der Waals surface area contributed by atoms with Gasteiger partial charge in [0.25, 0.3) is 0 Å². The molecule has 0 aliphatic heterocycles. The first kappa shape index (κ1) is 26.3. The molecule has 1 heterocycles. The van der Waals surface area contributed by atoms with Gasteiger partial charge in [-0.15, -0.1) is 0 Å². The van der Waals surface area contributed by atoms with Crippen LogP contribution in [0.3, 0.4) is 0 Å². The highest BCUT2D eigenvalue weighted by Gasteiger charge is 2.33. The molecule has 0 unspecified atom stereocenters. The van der Waals surface area contributed by atoms with E-state index in [0.717, 1.165) is 11.8 Å². The number of nitrogens with zero attached hydrogens (tertiary/aromatic N) is 1. The first-order valence-corrected chi connectivity index (χ1v) is 10.9. The van der Waals surface area contributed by atoms with Crippen molar-refractivity contribution in [3.63, 3.8) is 0 Å². The molecular weight excluding hydrogens is 455 g/mol. The summed E-state index contributed by atoms with van der Waals surface area (Å²) in [5.74, 6) is 0.294. The van der Waals surface area contributed by atoms with Gasteiger partial charge in [0, 0.05) is 21.7 Å². The number of hydrogen-bond acceptors (Lipinski definition) is 4. The summed E-state index contributed by atoms with van der Waals surface area (Å²) in [6.07, 6.45) is 4.50.